The zero-order valence-electron chi connectivity index (χ0n) is 9.88. The SMILES string of the molecule is Oc1cccc(Cl)c1CN1CCn2ccnc2C1. The molecule has 0 atom stereocenters. The molecule has 2 aromatic rings. The van der Waals surface area contributed by atoms with Crippen LogP contribution in [0.3, 0.4) is 0 Å². The molecule has 0 saturated carbocycles. The van der Waals surface area contributed by atoms with Gasteiger partial charge in [0.2, 0.25) is 0 Å². The highest BCUT2D eigenvalue weighted by Gasteiger charge is 2.18. The van der Waals surface area contributed by atoms with E-state index in [1.165, 1.54) is 0 Å². The van der Waals surface area contributed by atoms with Crippen molar-refractivity contribution in [1.82, 2.24) is 14.5 Å². The number of hydrogen-bond acceptors (Lipinski definition) is 3. The lowest BCUT2D eigenvalue weighted by atomic mass is 10.1. The van der Waals surface area contributed by atoms with Gasteiger partial charge in [0.25, 0.3) is 0 Å². The Kier molecular flexibility index (Phi) is 2.97. The van der Waals surface area contributed by atoms with E-state index < -0.39 is 0 Å². The van der Waals surface area contributed by atoms with Crippen molar-refractivity contribution in [3.05, 3.63) is 47.0 Å². The maximum absolute atomic E-state index is 9.85. The molecule has 5 heteroatoms. The number of benzene rings is 1. The first kappa shape index (κ1) is 11.6. The predicted octanol–water partition coefficient (Wildman–Crippen LogP) is 2.26. The van der Waals surface area contributed by atoms with E-state index in [9.17, 15) is 5.11 Å². The third-order valence-electron chi connectivity index (χ3n) is 3.30. The van der Waals surface area contributed by atoms with Crippen LogP contribution in [0, 0.1) is 0 Å². The summed E-state index contributed by atoms with van der Waals surface area (Å²) in [5, 5.41) is 10.5. The average Bonchev–Trinajstić information content (AvgIpc) is 2.81. The highest BCUT2D eigenvalue weighted by Crippen LogP contribution is 2.27. The van der Waals surface area contributed by atoms with Crippen molar-refractivity contribution in [2.24, 2.45) is 0 Å². The zero-order chi connectivity index (χ0) is 12.5. The van der Waals surface area contributed by atoms with Crippen molar-refractivity contribution in [2.45, 2.75) is 19.6 Å². The molecule has 0 saturated heterocycles. The van der Waals surface area contributed by atoms with Gasteiger partial charge >= 0.3 is 0 Å². The van der Waals surface area contributed by atoms with E-state index >= 15 is 0 Å². The Labute approximate surface area is 110 Å². The molecule has 3 rings (SSSR count). The minimum absolute atomic E-state index is 0.261. The minimum atomic E-state index is 0.261. The summed E-state index contributed by atoms with van der Waals surface area (Å²) in [6.07, 6.45) is 3.82. The highest BCUT2D eigenvalue weighted by molar-refractivity contribution is 6.31. The molecule has 0 bridgehead atoms. The molecule has 0 unspecified atom stereocenters. The second-order valence-corrected chi connectivity index (χ2v) is 4.89. The first-order valence-corrected chi connectivity index (χ1v) is 6.30. The Bertz CT molecular complexity index is 547. The van der Waals surface area contributed by atoms with E-state index in [2.05, 4.69) is 14.5 Å². The Balaban J connectivity index is 1.79. The van der Waals surface area contributed by atoms with Gasteiger partial charge in [0.15, 0.2) is 0 Å². The lowest BCUT2D eigenvalue weighted by molar-refractivity contribution is 0.206. The molecule has 0 fully saturated rings. The van der Waals surface area contributed by atoms with Gasteiger partial charge in [0.1, 0.15) is 11.6 Å². The van der Waals surface area contributed by atoms with Crippen LogP contribution in [0.1, 0.15) is 11.4 Å². The summed E-state index contributed by atoms with van der Waals surface area (Å²) in [5.41, 5.74) is 0.791. The van der Waals surface area contributed by atoms with Gasteiger partial charge in [0, 0.05) is 42.6 Å². The van der Waals surface area contributed by atoms with Crippen LogP contribution in [0.15, 0.2) is 30.6 Å². The molecule has 2 heterocycles. The van der Waals surface area contributed by atoms with Gasteiger partial charge in [-0.1, -0.05) is 17.7 Å². The Morgan fingerprint density at radius 3 is 3.06 bits per heavy atom. The number of halogens is 1. The summed E-state index contributed by atoms with van der Waals surface area (Å²) in [5.74, 6) is 1.32. The van der Waals surface area contributed by atoms with E-state index in [0.717, 1.165) is 31.0 Å². The van der Waals surface area contributed by atoms with Crippen molar-refractivity contribution in [2.75, 3.05) is 6.54 Å². The molecule has 0 amide bonds. The van der Waals surface area contributed by atoms with Crippen molar-refractivity contribution >= 4 is 11.6 Å². The highest BCUT2D eigenvalue weighted by atomic mass is 35.5. The van der Waals surface area contributed by atoms with Gasteiger partial charge in [-0.3, -0.25) is 4.90 Å². The first-order chi connectivity index (χ1) is 8.74. The van der Waals surface area contributed by atoms with Gasteiger partial charge < -0.3 is 9.67 Å². The number of fused-ring (bicyclic) bond motifs is 1. The second kappa shape index (κ2) is 4.63. The van der Waals surface area contributed by atoms with E-state index in [0.29, 0.717) is 11.6 Å². The van der Waals surface area contributed by atoms with Crippen LogP contribution >= 0.6 is 11.6 Å². The molecule has 0 spiro atoms. The summed E-state index contributed by atoms with van der Waals surface area (Å²) >= 11 is 6.12. The van der Waals surface area contributed by atoms with E-state index in [-0.39, 0.29) is 5.75 Å². The Morgan fingerprint density at radius 2 is 2.22 bits per heavy atom. The number of phenols is 1. The minimum Gasteiger partial charge on any atom is -0.508 e. The second-order valence-electron chi connectivity index (χ2n) is 4.49. The summed E-state index contributed by atoms with van der Waals surface area (Å²) < 4.78 is 2.16. The molecule has 1 aromatic carbocycles. The monoisotopic (exact) mass is 263 g/mol. The first-order valence-electron chi connectivity index (χ1n) is 5.93. The van der Waals surface area contributed by atoms with Crippen LogP contribution in [0.5, 0.6) is 5.75 Å². The quantitative estimate of drug-likeness (QED) is 0.904. The van der Waals surface area contributed by atoms with Crippen LogP contribution in [-0.2, 0) is 19.6 Å². The Hall–Kier alpha value is -1.52. The van der Waals surface area contributed by atoms with Gasteiger partial charge in [-0.15, -0.1) is 0 Å². The lowest BCUT2D eigenvalue weighted by Crippen LogP contribution is -2.33. The summed E-state index contributed by atoms with van der Waals surface area (Å²) in [6.45, 7) is 3.31. The maximum Gasteiger partial charge on any atom is 0.122 e. The third-order valence-corrected chi connectivity index (χ3v) is 3.65. The Morgan fingerprint density at radius 1 is 1.33 bits per heavy atom. The predicted molar refractivity (Wildman–Crippen MR) is 69.5 cm³/mol. The molecule has 1 aromatic heterocycles. The van der Waals surface area contributed by atoms with Crippen molar-refractivity contribution < 1.29 is 5.11 Å². The fraction of sp³-hybridized carbons (Fsp3) is 0.308. The zero-order valence-corrected chi connectivity index (χ0v) is 10.6. The summed E-state index contributed by atoms with van der Waals surface area (Å²) in [4.78, 5) is 6.56. The molecule has 1 N–H and O–H groups in total. The lowest BCUT2D eigenvalue weighted by Gasteiger charge is -2.28. The van der Waals surface area contributed by atoms with Crippen LogP contribution in [-0.4, -0.2) is 26.1 Å². The van der Waals surface area contributed by atoms with Crippen LogP contribution in [0.25, 0.3) is 0 Å². The van der Waals surface area contributed by atoms with Crippen LogP contribution in [0.4, 0.5) is 0 Å². The largest absolute Gasteiger partial charge is 0.508 e. The molecule has 0 radical (unpaired) electrons. The van der Waals surface area contributed by atoms with Crippen LogP contribution in [0.2, 0.25) is 5.02 Å². The fourth-order valence-electron chi connectivity index (χ4n) is 2.29. The van der Waals surface area contributed by atoms with Crippen molar-refractivity contribution in [3.8, 4) is 5.75 Å². The van der Waals surface area contributed by atoms with Crippen molar-refractivity contribution in [3.63, 3.8) is 0 Å². The topological polar surface area (TPSA) is 41.3 Å². The fourth-order valence-corrected chi connectivity index (χ4v) is 2.52. The van der Waals surface area contributed by atoms with Gasteiger partial charge in [-0.05, 0) is 12.1 Å². The summed E-state index contributed by atoms with van der Waals surface area (Å²) in [6, 6.07) is 5.23. The standard InChI is InChI=1S/C13H14ClN3O/c14-11-2-1-3-12(18)10(11)8-16-6-7-17-5-4-15-13(17)9-16/h1-5,18H,6-9H2. The van der Waals surface area contributed by atoms with Gasteiger partial charge in [0.05, 0.1) is 6.54 Å². The number of aromatic nitrogens is 2. The number of phenolic OH excluding ortho intramolecular Hbond substituents is 1. The maximum atomic E-state index is 9.85. The normalized spacial score (nSPS) is 15.6. The molecule has 94 valence electrons. The molecular weight excluding hydrogens is 250 g/mol. The number of hydrogen-bond donors (Lipinski definition) is 1. The number of imidazole rings is 1. The number of aromatic hydroxyl groups is 1. The van der Waals surface area contributed by atoms with E-state index in [1.54, 1.807) is 12.1 Å². The molecule has 1 aliphatic heterocycles. The summed E-state index contributed by atoms with van der Waals surface area (Å²) in [7, 11) is 0. The molecule has 0 aliphatic carbocycles. The van der Waals surface area contributed by atoms with Gasteiger partial charge in [-0.2, -0.15) is 0 Å². The third kappa shape index (κ3) is 2.09. The van der Waals surface area contributed by atoms with E-state index in [4.69, 9.17) is 11.6 Å². The molecule has 4 nitrogen and oxygen atoms in total. The number of nitrogens with zero attached hydrogens (tertiary/aromatic N) is 3. The van der Waals surface area contributed by atoms with Gasteiger partial charge in [-0.25, -0.2) is 4.98 Å². The molecule has 1 aliphatic rings. The number of rotatable bonds is 2. The average molecular weight is 264 g/mol. The smallest absolute Gasteiger partial charge is 0.122 e. The van der Waals surface area contributed by atoms with E-state index in [1.807, 2.05) is 18.5 Å². The molecule has 18 heavy (non-hydrogen) atoms. The van der Waals surface area contributed by atoms with Crippen molar-refractivity contribution in [1.29, 1.82) is 0 Å². The van der Waals surface area contributed by atoms with Crippen LogP contribution < -0.4 is 0 Å². The molecular formula is C13H14ClN3O.